The Labute approximate surface area is 492 Å². The first-order valence-corrected chi connectivity index (χ1v) is 29.8. The summed E-state index contributed by atoms with van der Waals surface area (Å²) in [4.78, 5) is 11.5. The summed E-state index contributed by atoms with van der Waals surface area (Å²) in [6.07, 6.45) is -9.64. The van der Waals surface area contributed by atoms with Crippen LogP contribution in [-0.4, -0.2) is 94.9 Å². The minimum atomic E-state index is -4.46. The average Bonchev–Trinajstić information content (AvgIpc) is 1.76. The Bertz CT molecular complexity index is 3260. The monoisotopic (exact) mass is 1150 g/mol. The van der Waals surface area contributed by atoms with Crippen LogP contribution in [0.1, 0.15) is 49.3 Å². The maximum absolute atomic E-state index is 14.4. The smallest absolute Gasteiger partial charge is 0.311 e. The second-order valence-electron chi connectivity index (χ2n) is 20.7. The number of rotatable bonds is 30. The largest absolute Gasteiger partial charge is 0.382 e. The molecule has 10 atom stereocenters. The topological polar surface area (TPSA) is 153 Å². The quantitative estimate of drug-likeness (QED) is 0.0310. The number of hydrogen-bond acceptors (Lipinski definition) is 14. The Morgan fingerprint density at radius 3 is 1.05 bits per heavy atom. The van der Waals surface area contributed by atoms with Crippen LogP contribution in [-0.2, 0) is 104 Å². The van der Waals surface area contributed by atoms with Crippen LogP contribution >= 0.6 is 0 Å². The Morgan fingerprint density at radius 2 is 0.667 bits per heavy atom. The highest BCUT2D eigenvalue weighted by molar-refractivity contribution is 7.87. The molecule has 8 aromatic carbocycles. The van der Waals surface area contributed by atoms with Crippen molar-refractivity contribution in [3.8, 4) is 5.75 Å². The molecule has 2 aliphatic rings. The van der Waals surface area contributed by atoms with Gasteiger partial charge < -0.3 is 51.6 Å². The molecule has 0 N–H and O–H groups in total. The molecule has 0 amide bonds. The van der Waals surface area contributed by atoms with Gasteiger partial charge in [-0.05, 0) is 63.2 Å². The van der Waals surface area contributed by atoms with Crippen molar-refractivity contribution in [1.82, 2.24) is 0 Å². The number of aldehydes is 1. The molecule has 0 bridgehead atoms. The van der Waals surface area contributed by atoms with Gasteiger partial charge in [0.1, 0.15) is 72.7 Å². The van der Waals surface area contributed by atoms with E-state index < -0.39 is 77.1 Å². The Hall–Kier alpha value is -7.22. The van der Waals surface area contributed by atoms with E-state index in [1.807, 2.05) is 212 Å². The Balaban J connectivity index is 1.07. The summed E-state index contributed by atoms with van der Waals surface area (Å²) in [5.74, 6) is -0.652. The molecule has 2 saturated heterocycles. The summed E-state index contributed by atoms with van der Waals surface area (Å²) in [5, 5.41) is 0. The molecule has 2 heterocycles. The molecule has 0 aliphatic carbocycles. The van der Waals surface area contributed by atoms with E-state index in [2.05, 4.69) is 0 Å². The highest BCUT2D eigenvalue weighted by Crippen LogP contribution is 2.37. The van der Waals surface area contributed by atoms with Gasteiger partial charge in [-0.2, -0.15) is 8.42 Å². The molecule has 0 radical (unpaired) electrons. The van der Waals surface area contributed by atoms with Gasteiger partial charge in [-0.25, -0.2) is 0 Å². The van der Waals surface area contributed by atoms with E-state index in [0.717, 1.165) is 38.9 Å². The van der Waals surface area contributed by atoms with E-state index in [1.165, 1.54) is 24.3 Å². The van der Waals surface area contributed by atoms with Crippen LogP contribution in [0.4, 0.5) is 0 Å². The lowest BCUT2D eigenvalue weighted by Crippen LogP contribution is -2.66. The van der Waals surface area contributed by atoms with Gasteiger partial charge in [-0.3, -0.25) is 4.79 Å². The molecular weight excluding hydrogens is 1080 g/mol. The molecule has 0 saturated carbocycles. The zero-order chi connectivity index (χ0) is 57.6. The number of ether oxygens (including phenoxy) is 10. The van der Waals surface area contributed by atoms with E-state index in [9.17, 15) is 13.2 Å². The van der Waals surface area contributed by atoms with Gasteiger partial charge in [-0.15, -0.1) is 0 Å². The Kier molecular flexibility index (Phi) is 22.2. The third-order valence-electron chi connectivity index (χ3n) is 14.4. The minimum absolute atomic E-state index is 0.0207. The summed E-state index contributed by atoms with van der Waals surface area (Å²) in [6.45, 7) is 1.11. The lowest BCUT2D eigenvalue weighted by Gasteiger charge is -2.50. The predicted molar refractivity (Wildman–Crippen MR) is 316 cm³/mol. The summed E-state index contributed by atoms with van der Waals surface area (Å²) < 4.78 is 105. The van der Waals surface area contributed by atoms with Crippen LogP contribution in [0.5, 0.6) is 5.75 Å². The van der Waals surface area contributed by atoms with Crippen molar-refractivity contribution in [3.63, 3.8) is 0 Å². The lowest BCUT2D eigenvalue weighted by molar-refractivity contribution is -0.362. The fourth-order valence-corrected chi connectivity index (χ4v) is 11.4. The zero-order valence-corrected chi connectivity index (χ0v) is 47.4. The van der Waals surface area contributed by atoms with Crippen molar-refractivity contribution in [2.45, 2.75) is 107 Å². The fourth-order valence-electron chi connectivity index (χ4n) is 10.2. The molecule has 2 fully saturated rings. The second kappa shape index (κ2) is 31.1. The van der Waals surface area contributed by atoms with Crippen molar-refractivity contribution < 1.29 is 64.8 Å². The van der Waals surface area contributed by atoms with Crippen LogP contribution < -0.4 is 4.18 Å². The molecule has 0 aromatic heterocycles. The van der Waals surface area contributed by atoms with E-state index in [4.69, 9.17) is 51.6 Å². The third kappa shape index (κ3) is 17.7. The maximum atomic E-state index is 14.4. The molecule has 84 heavy (non-hydrogen) atoms. The van der Waals surface area contributed by atoms with Gasteiger partial charge in [0.15, 0.2) is 6.29 Å². The second-order valence-corrected chi connectivity index (χ2v) is 22.3. The van der Waals surface area contributed by atoms with Gasteiger partial charge in [0.25, 0.3) is 0 Å². The predicted octanol–water partition coefficient (Wildman–Crippen LogP) is 11.4. The van der Waals surface area contributed by atoms with Crippen molar-refractivity contribution in [3.05, 3.63) is 281 Å². The van der Waals surface area contributed by atoms with Crippen molar-refractivity contribution in [2.75, 3.05) is 19.0 Å². The lowest BCUT2D eigenvalue weighted by atomic mass is 9.93. The number of carbonyl (C=O) groups excluding carboxylic acids is 1. The fraction of sp³-hybridized carbons (Fsp3) is 0.290. The molecule has 8 aromatic rings. The number of benzene rings is 8. The first kappa shape index (κ1) is 59.9. The van der Waals surface area contributed by atoms with Crippen molar-refractivity contribution in [2.24, 2.45) is 0 Å². The maximum Gasteiger partial charge on any atom is 0.311 e. The summed E-state index contributed by atoms with van der Waals surface area (Å²) in [5.41, 5.74) is 6.66. The van der Waals surface area contributed by atoms with E-state index in [-0.39, 0.29) is 65.2 Å². The summed E-state index contributed by atoms with van der Waals surface area (Å²) in [6, 6.07) is 74.3. The standard InChI is InChI=1S/C69H70O14S/c70-40-51-36-38-59(39-37-51)83-84(71,72)50-62-64(76-44-55-28-14-4-15-29-55)66(77-45-56-30-16-5-17-31-56)65(61(80-62)49-74-42-53-24-10-2-11-25-53)82-69-68(79-47-58-34-20-7-21-35-58)67(78-46-57-32-18-6-19-33-57)63(75-43-54-26-12-3-13-27-54)60(81-69)48-73-41-52-22-8-1-9-23-52/h1-40,60-69H,41-50H2/t60?,61?,62-,63+,64?,65+,66-,67+,68?,69-/m0/s1. The minimum Gasteiger partial charge on any atom is -0.382 e. The van der Waals surface area contributed by atoms with Crippen molar-refractivity contribution >= 4 is 16.4 Å². The highest BCUT2D eigenvalue weighted by atomic mass is 32.2. The molecule has 10 rings (SSSR count). The van der Waals surface area contributed by atoms with Crippen LogP contribution in [0.3, 0.4) is 0 Å². The Morgan fingerprint density at radius 1 is 0.345 bits per heavy atom. The van der Waals surface area contributed by atoms with Gasteiger partial charge in [-0.1, -0.05) is 212 Å². The van der Waals surface area contributed by atoms with E-state index in [0.29, 0.717) is 11.8 Å². The van der Waals surface area contributed by atoms with Gasteiger partial charge in [0.05, 0.1) is 59.5 Å². The third-order valence-corrected chi connectivity index (χ3v) is 15.6. The van der Waals surface area contributed by atoms with Gasteiger partial charge in [0, 0.05) is 5.56 Å². The van der Waals surface area contributed by atoms with Gasteiger partial charge in [0.2, 0.25) is 0 Å². The van der Waals surface area contributed by atoms with Crippen LogP contribution in [0.15, 0.2) is 237 Å². The SMILES string of the molecule is O=Cc1ccc(OS(=O)(=O)C[C@@H]2OC(COCc3ccccc3)[C@@H](O[C@@H]3OC(COCc4ccccc4)[C@@H](OCc4ccccc4)[C@@H](OCc4ccccc4)C3OCc3ccccc3)[C@@H](OCc3ccccc3)C2OCc2ccccc2)cc1. The molecule has 2 aliphatic heterocycles. The summed E-state index contributed by atoms with van der Waals surface area (Å²) in [7, 11) is -4.46. The molecule has 14 nitrogen and oxygen atoms in total. The average molecular weight is 1160 g/mol. The molecular formula is C69H70O14S. The first-order valence-electron chi connectivity index (χ1n) is 28.3. The molecule has 0 spiro atoms. The number of carbonyl (C=O) groups is 1. The van der Waals surface area contributed by atoms with Gasteiger partial charge >= 0.3 is 10.1 Å². The normalized spacial score (nSPS) is 22.5. The number of hydrogen-bond donors (Lipinski definition) is 0. The van der Waals surface area contributed by atoms with E-state index >= 15 is 0 Å². The molecule has 4 unspecified atom stereocenters. The van der Waals surface area contributed by atoms with Crippen molar-refractivity contribution in [1.29, 1.82) is 0 Å². The van der Waals surface area contributed by atoms with Crippen LogP contribution in [0, 0.1) is 0 Å². The zero-order valence-electron chi connectivity index (χ0n) is 46.6. The van der Waals surface area contributed by atoms with E-state index in [1.54, 1.807) is 0 Å². The highest BCUT2D eigenvalue weighted by Gasteiger charge is 2.55. The molecule has 436 valence electrons. The summed E-state index contributed by atoms with van der Waals surface area (Å²) >= 11 is 0. The van der Waals surface area contributed by atoms with Crippen LogP contribution in [0.2, 0.25) is 0 Å². The first-order chi connectivity index (χ1) is 41.3. The molecule has 15 heteroatoms. The van der Waals surface area contributed by atoms with Crippen LogP contribution in [0.25, 0.3) is 0 Å².